The Morgan fingerprint density at radius 2 is 1.61 bits per heavy atom. The van der Waals surface area contributed by atoms with Gasteiger partial charge >= 0.3 is 6.03 Å². The fourth-order valence-electron chi connectivity index (χ4n) is 3.03. The summed E-state index contributed by atoms with van der Waals surface area (Å²) in [6.45, 7) is 3.61. The Morgan fingerprint density at radius 3 is 2.29 bits per heavy atom. The lowest BCUT2D eigenvalue weighted by atomic mass is 10.1. The van der Waals surface area contributed by atoms with Gasteiger partial charge in [-0.15, -0.1) is 0 Å². The first-order valence-electron chi connectivity index (χ1n) is 9.46. The topological polar surface area (TPSA) is 79.9 Å². The van der Waals surface area contributed by atoms with Crippen LogP contribution in [0.1, 0.15) is 30.1 Å². The first-order valence-corrected chi connectivity index (χ1v) is 9.46. The maximum Gasteiger partial charge on any atom is 0.336 e. The summed E-state index contributed by atoms with van der Waals surface area (Å²) in [6, 6.07) is 16.0. The number of nitrogens with zero attached hydrogens (tertiary/aromatic N) is 1. The SMILES string of the molecule is CCOc1ccccc1OC1CCN(C(=O)NNC(=O)c2ccccc2)CC1. The number of carbonyl (C=O) groups is 2. The molecule has 2 N–H and O–H groups in total. The van der Waals surface area contributed by atoms with Gasteiger partial charge in [-0.2, -0.15) is 0 Å². The molecule has 0 unspecified atom stereocenters. The predicted octanol–water partition coefficient (Wildman–Crippen LogP) is 2.98. The third-order valence-corrected chi connectivity index (χ3v) is 4.49. The Kier molecular flexibility index (Phi) is 6.73. The van der Waals surface area contributed by atoms with Gasteiger partial charge in [0.1, 0.15) is 6.10 Å². The van der Waals surface area contributed by atoms with Gasteiger partial charge in [0, 0.05) is 31.5 Å². The van der Waals surface area contributed by atoms with Crippen LogP contribution in [-0.4, -0.2) is 42.6 Å². The molecule has 1 saturated heterocycles. The van der Waals surface area contributed by atoms with Crippen LogP contribution < -0.4 is 20.3 Å². The zero-order chi connectivity index (χ0) is 19.8. The zero-order valence-electron chi connectivity index (χ0n) is 15.9. The number of hydrogen-bond donors (Lipinski definition) is 2. The van der Waals surface area contributed by atoms with E-state index in [1.807, 2.05) is 37.3 Å². The Labute approximate surface area is 164 Å². The van der Waals surface area contributed by atoms with Gasteiger partial charge in [-0.25, -0.2) is 10.2 Å². The number of ether oxygens (including phenoxy) is 2. The van der Waals surface area contributed by atoms with Gasteiger partial charge in [-0.05, 0) is 31.2 Å². The number of hydrogen-bond acceptors (Lipinski definition) is 4. The summed E-state index contributed by atoms with van der Waals surface area (Å²) in [5.74, 6) is 1.11. The summed E-state index contributed by atoms with van der Waals surface area (Å²) in [4.78, 5) is 25.9. The van der Waals surface area contributed by atoms with E-state index in [0.29, 0.717) is 38.1 Å². The number of piperidine rings is 1. The number of likely N-dealkylation sites (tertiary alicyclic amines) is 1. The van der Waals surface area contributed by atoms with E-state index in [9.17, 15) is 9.59 Å². The largest absolute Gasteiger partial charge is 0.490 e. The fraction of sp³-hybridized carbons (Fsp3) is 0.333. The smallest absolute Gasteiger partial charge is 0.336 e. The molecule has 1 heterocycles. The van der Waals surface area contributed by atoms with Gasteiger partial charge in [0.2, 0.25) is 0 Å². The van der Waals surface area contributed by atoms with Crippen LogP contribution in [-0.2, 0) is 0 Å². The number of rotatable bonds is 5. The van der Waals surface area contributed by atoms with Gasteiger partial charge in [-0.1, -0.05) is 30.3 Å². The Hall–Kier alpha value is -3.22. The van der Waals surface area contributed by atoms with Gasteiger partial charge in [0.15, 0.2) is 11.5 Å². The lowest BCUT2D eigenvalue weighted by Gasteiger charge is -2.32. The van der Waals surface area contributed by atoms with E-state index in [1.54, 1.807) is 29.2 Å². The molecule has 1 aliphatic heterocycles. The Bertz CT molecular complexity index is 789. The van der Waals surface area contributed by atoms with Crippen LogP contribution in [0.15, 0.2) is 54.6 Å². The van der Waals surface area contributed by atoms with E-state index < -0.39 is 0 Å². The minimum atomic E-state index is -0.347. The quantitative estimate of drug-likeness (QED) is 0.778. The van der Waals surface area contributed by atoms with Crippen molar-refractivity contribution < 1.29 is 19.1 Å². The zero-order valence-corrected chi connectivity index (χ0v) is 15.9. The molecule has 28 heavy (non-hydrogen) atoms. The van der Waals surface area contributed by atoms with E-state index >= 15 is 0 Å². The molecule has 0 spiro atoms. The molecule has 0 radical (unpaired) electrons. The summed E-state index contributed by atoms with van der Waals surface area (Å²) in [6.07, 6.45) is 1.44. The van der Waals surface area contributed by atoms with Crippen molar-refractivity contribution in [1.82, 2.24) is 15.8 Å². The number of benzene rings is 2. The van der Waals surface area contributed by atoms with Crippen LogP contribution >= 0.6 is 0 Å². The van der Waals surface area contributed by atoms with E-state index in [2.05, 4.69) is 10.9 Å². The van der Waals surface area contributed by atoms with Gasteiger partial charge < -0.3 is 14.4 Å². The van der Waals surface area contributed by atoms with Crippen molar-refractivity contribution in [2.75, 3.05) is 19.7 Å². The third kappa shape index (κ3) is 5.16. The van der Waals surface area contributed by atoms with Crippen molar-refractivity contribution in [1.29, 1.82) is 0 Å². The highest BCUT2D eigenvalue weighted by atomic mass is 16.5. The average molecular weight is 383 g/mol. The number of urea groups is 1. The molecule has 0 saturated carbocycles. The van der Waals surface area contributed by atoms with Crippen molar-refractivity contribution >= 4 is 11.9 Å². The molecule has 0 bridgehead atoms. The minimum Gasteiger partial charge on any atom is -0.490 e. The summed E-state index contributed by atoms with van der Waals surface area (Å²) < 4.78 is 11.7. The van der Waals surface area contributed by atoms with Crippen LogP contribution in [0.25, 0.3) is 0 Å². The molecule has 0 atom stereocenters. The number of para-hydroxylation sites is 2. The third-order valence-electron chi connectivity index (χ3n) is 4.49. The summed E-state index contributed by atoms with van der Waals surface area (Å²) in [5.41, 5.74) is 5.40. The van der Waals surface area contributed by atoms with Crippen molar-refractivity contribution in [3.05, 3.63) is 60.2 Å². The molecule has 1 aliphatic rings. The van der Waals surface area contributed by atoms with Crippen LogP contribution in [0.3, 0.4) is 0 Å². The van der Waals surface area contributed by atoms with Crippen LogP contribution in [0.2, 0.25) is 0 Å². The van der Waals surface area contributed by atoms with Crippen molar-refractivity contribution in [2.45, 2.75) is 25.9 Å². The number of amides is 3. The van der Waals surface area contributed by atoms with Crippen LogP contribution in [0.5, 0.6) is 11.5 Å². The molecule has 2 aromatic rings. The first-order chi connectivity index (χ1) is 13.7. The Balaban J connectivity index is 1.45. The van der Waals surface area contributed by atoms with E-state index in [1.165, 1.54) is 0 Å². The molecule has 7 heteroatoms. The van der Waals surface area contributed by atoms with Crippen molar-refractivity contribution in [2.24, 2.45) is 0 Å². The summed E-state index contributed by atoms with van der Waals surface area (Å²) >= 11 is 0. The lowest BCUT2D eigenvalue weighted by Crippen LogP contribution is -2.51. The number of carbonyl (C=O) groups excluding carboxylic acids is 2. The summed E-state index contributed by atoms with van der Waals surface area (Å²) in [5, 5.41) is 0. The standard InChI is InChI=1S/C21H25N3O4/c1-2-27-18-10-6-7-11-19(18)28-17-12-14-24(15-13-17)21(26)23-22-20(25)16-8-4-3-5-9-16/h3-11,17H,2,12-15H2,1H3,(H,22,25)(H,23,26). The lowest BCUT2D eigenvalue weighted by molar-refractivity contribution is 0.0902. The second kappa shape index (κ2) is 9.64. The van der Waals surface area contributed by atoms with Gasteiger partial charge in [0.05, 0.1) is 6.61 Å². The molecule has 0 aliphatic carbocycles. The normalized spacial score (nSPS) is 14.2. The van der Waals surface area contributed by atoms with Crippen LogP contribution in [0.4, 0.5) is 4.79 Å². The van der Waals surface area contributed by atoms with Gasteiger partial charge in [0.25, 0.3) is 5.91 Å². The first kappa shape index (κ1) is 19.5. The molecule has 0 aromatic heterocycles. The fourth-order valence-corrected chi connectivity index (χ4v) is 3.03. The van der Waals surface area contributed by atoms with Crippen molar-refractivity contribution in [3.8, 4) is 11.5 Å². The summed E-state index contributed by atoms with van der Waals surface area (Å²) in [7, 11) is 0. The second-order valence-corrected chi connectivity index (χ2v) is 6.43. The monoisotopic (exact) mass is 383 g/mol. The maximum atomic E-state index is 12.3. The van der Waals surface area contributed by atoms with E-state index in [-0.39, 0.29) is 18.0 Å². The highest BCUT2D eigenvalue weighted by molar-refractivity contribution is 5.95. The molecular weight excluding hydrogens is 358 g/mol. The van der Waals surface area contributed by atoms with Crippen LogP contribution in [0, 0.1) is 0 Å². The Morgan fingerprint density at radius 1 is 0.964 bits per heavy atom. The maximum absolute atomic E-state index is 12.3. The molecule has 3 rings (SSSR count). The molecular formula is C21H25N3O4. The number of nitrogens with one attached hydrogen (secondary N) is 2. The highest BCUT2D eigenvalue weighted by Gasteiger charge is 2.25. The van der Waals surface area contributed by atoms with E-state index in [0.717, 1.165) is 11.5 Å². The average Bonchev–Trinajstić information content (AvgIpc) is 2.74. The molecule has 2 aromatic carbocycles. The minimum absolute atomic E-state index is 0.0181. The van der Waals surface area contributed by atoms with E-state index in [4.69, 9.17) is 9.47 Å². The molecule has 7 nitrogen and oxygen atoms in total. The molecule has 148 valence electrons. The predicted molar refractivity (Wildman–Crippen MR) is 105 cm³/mol. The van der Waals surface area contributed by atoms with Crippen molar-refractivity contribution in [3.63, 3.8) is 0 Å². The molecule has 3 amide bonds. The highest BCUT2D eigenvalue weighted by Crippen LogP contribution is 2.29. The second-order valence-electron chi connectivity index (χ2n) is 6.43. The van der Waals surface area contributed by atoms with Gasteiger partial charge in [-0.3, -0.25) is 10.2 Å². The number of hydrazine groups is 1. The molecule has 1 fully saturated rings.